The highest BCUT2D eigenvalue weighted by atomic mass is 32.2. The molecular weight excluding hydrogens is 235 g/mol. The minimum absolute atomic E-state index is 0.0757. The second kappa shape index (κ2) is 7.67. The molecule has 0 saturated heterocycles. The predicted molar refractivity (Wildman–Crippen MR) is 72.8 cm³/mol. The molecule has 0 radical (unpaired) electrons. The van der Waals surface area contributed by atoms with Gasteiger partial charge in [-0.3, -0.25) is 4.98 Å². The normalized spacial score (nSPS) is 13.0. The first-order valence-electron chi connectivity index (χ1n) is 6.05. The third-order valence-corrected chi connectivity index (χ3v) is 3.84. The third-order valence-electron chi connectivity index (χ3n) is 2.37. The van der Waals surface area contributed by atoms with Crippen molar-refractivity contribution in [1.29, 1.82) is 0 Å². The summed E-state index contributed by atoms with van der Waals surface area (Å²) >= 11 is 1.86. The molecule has 0 amide bonds. The van der Waals surface area contributed by atoms with Gasteiger partial charge in [-0.1, -0.05) is 20.8 Å². The number of hydrogen-bond acceptors (Lipinski definition) is 3. The van der Waals surface area contributed by atoms with Crippen LogP contribution in [0.1, 0.15) is 32.4 Å². The average Bonchev–Trinajstić information content (AvgIpc) is 2.28. The molecule has 0 fully saturated rings. The van der Waals surface area contributed by atoms with E-state index in [2.05, 4.69) is 24.1 Å². The van der Waals surface area contributed by atoms with E-state index in [4.69, 9.17) is 0 Å². The SMILES string of the molecule is CCNC(CSCC(C)C)c1ccncc1F. The zero-order valence-corrected chi connectivity index (χ0v) is 11.6. The molecule has 96 valence electrons. The number of nitrogens with zero attached hydrogens (tertiary/aromatic N) is 1. The summed E-state index contributed by atoms with van der Waals surface area (Å²) in [7, 11) is 0. The first-order valence-corrected chi connectivity index (χ1v) is 7.21. The van der Waals surface area contributed by atoms with Crippen molar-refractivity contribution in [1.82, 2.24) is 10.3 Å². The average molecular weight is 256 g/mol. The molecule has 17 heavy (non-hydrogen) atoms. The molecule has 0 aliphatic carbocycles. The molecule has 0 bridgehead atoms. The Morgan fingerprint density at radius 2 is 2.18 bits per heavy atom. The van der Waals surface area contributed by atoms with Gasteiger partial charge in [-0.2, -0.15) is 11.8 Å². The Bertz CT molecular complexity index is 331. The fraction of sp³-hybridized carbons (Fsp3) is 0.615. The maximum Gasteiger partial charge on any atom is 0.146 e. The molecule has 0 aromatic carbocycles. The van der Waals surface area contributed by atoms with Crippen molar-refractivity contribution in [3.05, 3.63) is 29.8 Å². The number of pyridine rings is 1. The lowest BCUT2D eigenvalue weighted by Crippen LogP contribution is -2.24. The highest BCUT2D eigenvalue weighted by Crippen LogP contribution is 2.21. The highest BCUT2D eigenvalue weighted by molar-refractivity contribution is 7.99. The molecule has 1 atom stereocenters. The largest absolute Gasteiger partial charge is 0.309 e. The quantitative estimate of drug-likeness (QED) is 0.810. The molecule has 1 aromatic heterocycles. The third kappa shape index (κ3) is 5.04. The van der Waals surface area contributed by atoms with Gasteiger partial charge in [0.15, 0.2) is 0 Å². The second-order valence-corrected chi connectivity index (χ2v) is 5.51. The molecule has 0 saturated carbocycles. The number of aromatic nitrogens is 1. The van der Waals surface area contributed by atoms with E-state index in [1.54, 1.807) is 12.3 Å². The summed E-state index contributed by atoms with van der Waals surface area (Å²) in [6.45, 7) is 7.28. The lowest BCUT2D eigenvalue weighted by atomic mass is 10.1. The monoisotopic (exact) mass is 256 g/mol. The second-order valence-electron chi connectivity index (χ2n) is 4.44. The minimum Gasteiger partial charge on any atom is -0.309 e. The van der Waals surface area contributed by atoms with Gasteiger partial charge in [0.25, 0.3) is 0 Å². The van der Waals surface area contributed by atoms with Gasteiger partial charge in [0.2, 0.25) is 0 Å². The van der Waals surface area contributed by atoms with Gasteiger partial charge in [-0.25, -0.2) is 4.39 Å². The molecule has 1 N–H and O–H groups in total. The van der Waals surface area contributed by atoms with Crippen molar-refractivity contribution < 1.29 is 4.39 Å². The lowest BCUT2D eigenvalue weighted by Gasteiger charge is -2.18. The Morgan fingerprint density at radius 1 is 1.41 bits per heavy atom. The van der Waals surface area contributed by atoms with E-state index in [1.165, 1.54) is 6.20 Å². The van der Waals surface area contributed by atoms with Crippen LogP contribution >= 0.6 is 11.8 Å². The summed E-state index contributed by atoms with van der Waals surface area (Å²) in [5.41, 5.74) is 0.720. The maximum absolute atomic E-state index is 13.6. The highest BCUT2D eigenvalue weighted by Gasteiger charge is 2.14. The van der Waals surface area contributed by atoms with Gasteiger partial charge in [0, 0.05) is 23.6 Å². The zero-order chi connectivity index (χ0) is 12.7. The smallest absolute Gasteiger partial charge is 0.146 e. The van der Waals surface area contributed by atoms with Gasteiger partial charge in [0.05, 0.1) is 6.20 Å². The number of nitrogens with one attached hydrogen (secondary N) is 1. The number of hydrogen-bond donors (Lipinski definition) is 1. The van der Waals surface area contributed by atoms with E-state index in [0.29, 0.717) is 5.92 Å². The van der Waals surface area contributed by atoms with Crippen LogP contribution in [-0.4, -0.2) is 23.0 Å². The molecule has 1 unspecified atom stereocenters. The lowest BCUT2D eigenvalue weighted by molar-refractivity contribution is 0.541. The Kier molecular flexibility index (Phi) is 6.52. The molecule has 1 heterocycles. The first-order chi connectivity index (χ1) is 8.15. The van der Waals surface area contributed by atoms with Crippen LogP contribution in [0.4, 0.5) is 4.39 Å². The summed E-state index contributed by atoms with van der Waals surface area (Å²) in [4.78, 5) is 3.79. The Labute approximate surface area is 107 Å². The molecule has 2 nitrogen and oxygen atoms in total. The minimum atomic E-state index is -0.219. The van der Waals surface area contributed by atoms with Crippen molar-refractivity contribution in [3.8, 4) is 0 Å². The number of thioether (sulfide) groups is 1. The fourth-order valence-electron chi connectivity index (χ4n) is 1.60. The summed E-state index contributed by atoms with van der Waals surface area (Å²) in [6, 6.07) is 1.84. The molecular formula is C13H21FN2S. The molecule has 4 heteroatoms. The maximum atomic E-state index is 13.6. The zero-order valence-electron chi connectivity index (χ0n) is 10.7. The first kappa shape index (κ1) is 14.5. The van der Waals surface area contributed by atoms with Crippen LogP contribution in [0.5, 0.6) is 0 Å². The van der Waals surface area contributed by atoms with Gasteiger partial charge in [-0.15, -0.1) is 0 Å². The van der Waals surface area contributed by atoms with E-state index in [9.17, 15) is 4.39 Å². The van der Waals surface area contributed by atoms with E-state index in [1.807, 2.05) is 18.7 Å². The Morgan fingerprint density at radius 3 is 2.76 bits per heavy atom. The van der Waals surface area contributed by atoms with Gasteiger partial charge in [0.1, 0.15) is 5.82 Å². The van der Waals surface area contributed by atoms with Crippen LogP contribution in [0, 0.1) is 11.7 Å². The number of rotatable bonds is 7. The van der Waals surface area contributed by atoms with E-state index in [-0.39, 0.29) is 11.9 Å². The van der Waals surface area contributed by atoms with Gasteiger partial charge in [-0.05, 0) is 24.3 Å². The summed E-state index contributed by atoms with van der Waals surface area (Å²) in [5.74, 6) is 2.45. The van der Waals surface area contributed by atoms with Crippen LogP contribution < -0.4 is 5.32 Å². The van der Waals surface area contributed by atoms with Gasteiger partial charge >= 0.3 is 0 Å². The molecule has 1 aromatic rings. The Balaban J connectivity index is 2.62. The molecule has 0 aliphatic rings. The van der Waals surface area contributed by atoms with E-state index in [0.717, 1.165) is 23.6 Å². The van der Waals surface area contributed by atoms with Crippen molar-refractivity contribution in [3.63, 3.8) is 0 Å². The summed E-state index contributed by atoms with van der Waals surface area (Å²) in [6.07, 6.45) is 2.93. The van der Waals surface area contributed by atoms with E-state index >= 15 is 0 Å². The van der Waals surface area contributed by atoms with Crippen molar-refractivity contribution in [2.24, 2.45) is 5.92 Å². The Hall–Kier alpha value is -0.610. The molecule has 0 aliphatic heterocycles. The standard InChI is InChI=1S/C13H21FN2S/c1-4-16-13(9-17-8-10(2)3)11-5-6-15-7-12(11)14/h5-7,10,13,16H,4,8-9H2,1-3H3. The van der Waals surface area contributed by atoms with Crippen LogP contribution in [0.25, 0.3) is 0 Å². The van der Waals surface area contributed by atoms with Gasteiger partial charge < -0.3 is 5.32 Å². The molecule has 1 rings (SSSR count). The van der Waals surface area contributed by atoms with E-state index < -0.39 is 0 Å². The number of halogens is 1. The summed E-state index contributed by atoms with van der Waals surface area (Å²) in [5, 5.41) is 3.32. The van der Waals surface area contributed by atoms with Crippen molar-refractivity contribution >= 4 is 11.8 Å². The topological polar surface area (TPSA) is 24.9 Å². The fourth-order valence-corrected chi connectivity index (χ4v) is 2.74. The molecule has 0 spiro atoms. The van der Waals surface area contributed by atoms with Crippen LogP contribution in [0.2, 0.25) is 0 Å². The van der Waals surface area contributed by atoms with Crippen LogP contribution in [0.15, 0.2) is 18.5 Å². The van der Waals surface area contributed by atoms with Crippen molar-refractivity contribution in [2.45, 2.75) is 26.8 Å². The van der Waals surface area contributed by atoms with Crippen LogP contribution in [-0.2, 0) is 0 Å². The van der Waals surface area contributed by atoms with Crippen LogP contribution in [0.3, 0.4) is 0 Å². The predicted octanol–water partition coefficient (Wildman–Crippen LogP) is 3.26. The summed E-state index contributed by atoms with van der Waals surface area (Å²) < 4.78 is 13.6. The van der Waals surface area contributed by atoms with Crippen molar-refractivity contribution in [2.75, 3.05) is 18.1 Å².